The van der Waals surface area contributed by atoms with Crippen molar-refractivity contribution in [2.75, 3.05) is 13.2 Å². The molecule has 0 aliphatic rings. The van der Waals surface area contributed by atoms with E-state index in [1.165, 1.54) is 0 Å². The van der Waals surface area contributed by atoms with Gasteiger partial charge < -0.3 is 10.2 Å². The van der Waals surface area contributed by atoms with Crippen LogP contribution in [0.15, 0.2) is 0 Å². The largest absolute Gasteiger partial charge is 0.396 e. The van der Waals surface area contributed by atoms with E-state index in [1.54, 1.807) is 0 Å². The van der Waals surface area contributed by atoms with Crippen LogP contribution < -0.4 is 0 Å². The van der Waals surface area contributed by atoms with E-state index >= 15 is 0 Å². The third-order valence-corrected chi connectivity index (χ3v) is 0.816. The number of hydrogen-bond donors (Lipinski definition) is 2. The van der Waals surface area contributed by atoms with Crippen LogP contribution in [0.5, 0.6) is 0 Å². The Labute approximate surface area is 64.8 Å². The van der Waals surface area contributed by atoms with E-state index < -0.39 is 0 Å². The molecule has 0 aliphatic heterocycles. The summed E-state index contributed by atoms with van der Waals surface area (Å²) < 4.78 is 0. The van der Waals surface area contributed by atoms with E-state index in [4.69, 9.17) is 10.2 Å². The number of unbranched alkanes of at least 4 members (excludes halogenated alkanes) is 2. The van der Waals surface area contributed by atoms with Crippen LogP contribution in [0.25, 0.3) is 0 Å². The Kier molecular flexibility index (Phi) is 15.1. The molecule has 0 aromatic rings. The Morgan fingerprint density at radius 3 is 1.38 bits per heavy atom. The van der Waals surface area contributed by atoms with Crippen LogP contribution in [0.1, 0.15) is 19.3 Å². The second-order valence-electron chi connectivity index (χ2n) is 1.51. The molecule has 0 aromatic heterocycles. The van der Waals surface area contributed by atoms with E-state index in [2.05, 4.69) is 0 Å². The molecular formula is C5H12O2Ti. The minimum absolute atomic E-state index is 0. The summed E-state index contributed by atoms with van der Waals surface area (Å²) in [5, 5.41) is 16.4. The topological polar surface area (TPSA) is 40.5 Å². The standard InChI is InChI=1S/C5H12O2.Ti/c6-4-2-1-3-5-7;/h6-7H,1-5H2;. The van der Waals surface area contributed by atoms with Crippen LogP contribution in [0.3, 0.4) is 0 Å². The molecule has 0 unspecified atom stereocenters. The van der Waals surface area contributed by atoms with E-state index in [-0.39, 0.29) is 34.9 Å². The van der Waals surface area contributed by atoms with Crippen molar-refractivity contribution in [1.29, 1.82) is 0 Å². The van der Waals surface area contributed by atoms with Crippen LogP contribution in [0, 0.1) is 0 Å². The fraction of sp³-hybridized carbons (Fsp3) is 1.00. The second-order valence-corrected chi connectivity index (χ2v) is 1.51. The smallest absolute Gasteiger partial charge is 0.0431 e. The van der Waals surface area contributed by atoms with Gasteiger partial charge in [0.1, 0.15) is 0 Å². The summed E-state index contributed by atoms with van der Waals surface area (Å²) in [7, 11) is 0. The Morgan fingerprint density at radius 1 is 0.750 bits per heavy atom. The molecule has 0 saturated heterocycles. The molecule has 0 heterocycles. The van der Waals surface area contributed by atoms with Gasteiger partial charge in [-0.1, -0.05) is 0 Å². The molecule has 48 valence electrons. The molecule has 0 amide bonds. The van der Waals surface area contributed by atoms with Crippen molar-refractivity contribution in [2.45, 2.75) is 19.3 Å². The van der Waals surface area contributed by atoms with Crippen LogP contribution in [0.4, 0.5) is 0 Å². The van der Waals surface area contributed by atoms with Crippen LogP contribution in [-0.2, 0) is 21.7 Å². The Hall–Kier alpha value is 0.634. The summed E-state index contributed by atoms with van der Waals surface area (Å²) in [4.78, 5) is 0. The number of rotatable bonds is 4. The van der Waals surface area contributed by atoms with Gasteiger partial charge in [0, 0.05) is 34.9 Å². The first-order chi connectivity index (χ1) is 3.41. The molecule has 2 nitrogen and oxygen atoms in total. The molecular weight excluding hydrogens is 140 g/mol. The van der Waals surface area contributed by atoms with Crippen molar-refractivity contribution in [3.05, 3.63) is 0 Å². The van der Waals surface area contributed by atoms with Gasteiger partial charge in [-0.05, 0) is 19.3 Å². The van der Waals surface area contributed by atoms with Gasteiger partial charge in [0.2, 0.25) is 0 Å². The third kappa shape index (κ3) is 9.81. The molecule has 0 saturated carbocycles. The number of hydrogen-bond acceptors (Lipinski definition) is 2. The van der Waals surface area contributed by atoms with Gasteiger partial charge in [-0.2, -0.15) is 0 Å². The predicted octanol–water partition coefficient (Wildman–Crippen LogP) is 0.139. The van der Waals surface area contributed by atoms with Crippen molar-refractivity contribution < 1.29 is 31.9 Å². The normalized spacial score (nSPS) is 8.25. The van der Waals surface area contributed by atoms with Gasteiger partial charge in [-0.15, -0.1) is 0 Å². The summed E-state index contributed by atoms with van der Waals surface area (Å²) in [5.74, 6) is 0. The summed E-state index contributed by atoms with van der Waals surface area (Å²) >= 11 is 0. The van der Waals surface area contributed by atoms with Crippen LogP contribution in [0.2, 0.25) is 0 Å². The zero-order chi connectivity index (χ0) is 5.54. The van der Waals surface area contributed by atoms with Gasteiger partial charge in [0.05, 0.1) is 0 Å². The summed E-state index contributed by atoms with van der Waals surface area (Å²) in [6, 6.07) is 0. The molecule has 0 aromatic carbocycles. The molecule has 0 aliphatic carbocycles. The van der Waals surface area contributed by atoms with Crippen LogP contribution >= 0.6 is 0 Å². The minimum Gasteiger partial charge on any atom is -0.396 e. The van der Waals surface area contributed by atoms with Gasteiger partial charge >= 0.3 is 0 Å². The van der Waals surface area contributed by atoms with E-state index in [0.717, 1.165) is 19.3 Å². The summed E-state index contributed by atoms with van der Waals surface area (Å²) in [5.41, 5.74) is 0. The van der Waals surface area contributed by atoms with Crippen molar-refractivity contribution in [3.8, 4) is 0 Å². The van der Waals surface area contributed by atoms with Crippen molar-refractivity contribution >= 4 is 0 Å². The predicted molar refractivity (Wildman–Crippen MR) is 28.0 cm³/mol. The Balaban J connectivity index is 0. The number of aliphatic hydroxyl groups is 2. The fourth-order valence-corrected chi connectivity index (χ4v) is 0.400. The Bertz CT molecular complexity index is 29.6. The molecule has 0 fully saturated rings. The maximum atomic E-state index is 8.21. The zero-order valence-electron chi connectivity index (χ0n) is 4.93. The maximum absolute atomic E-state index is 8.21. The SMILES string of the molecule is OCCCCCO.[Ti]. The van der Waals surface area contributed by atoms with Gasteiger partial charge in [-0.25, -0.2) is 0 Å². The molecule has 8 heavy (non-hydrogen) atoms. The molecule has 2 N–H and O–H groups in total. The molecule has 0 atom stereocenters. The van der Waals surface area contributed by atoms with Crippen molar-refractivity contribution in [2.24, 2.45) is 0 Å². The second kappa shape index (κ2) is 10.6. The van der Waals surface area contributed by atoms with Gasteiger partial charge in [0.15, 0.2) is 0 Å². The fourth-order valence-electron chi connectivity index (χ4n) is 0.400. The molecule has 0 rings (SSSR count). The van der Waals surface area contributed by atoms with Crippen molar-refractivity contribution in [3.63, 3.8) is 0 Å². The molecule has 0 bridgehead atoms. The van der Waals surface area contributed by atoms with E-state index in [0.29, 0.717) is 0 Å². The first kappa shape index (κ1) is 11.4. The van der Waals surface area contributed by atoms with Crippen molar-refractivity contribution in [1.82, 2.24) is 0 Å². The van der Waals surface area contributed by atoms with Gasteiger partial charge in [-0.3, -0.25) is 0 Å². The zero-order valence-corrected chi connectivity index (χ0v) is 6.49. The molecule has 0 spiro atoms. The van der Waals surface area contributed by atoms with E-state index in [9.17, 15) is 0 Å². The average molecular weight is 152 g/mol. The Morgan fingerprint density at radius 2 is 1.12 bits per heavy atom. The third-order valence-electron chi connectivity index (χ3n) is 0.816. The van der Waals surface area contributed by atoms with Crippen LogP contribution in [-0.4, -0.2) is 23.4 Å². The number of aliphatic hydroxyl groups excluding tert-OH is 2. The summed E-state index contributed by atoms with van der Waals surface area (Å²) in [6.45, 7) is 0.500. The monoisotopic (exact) mass is 152 g/mol. The van der Waals surface area contributed by atoms with E-state index in [1.807, 2.05) is 0 Å². The molecule has 0 radical (unpaired) electrons. The van der Waals surface area contributed by atoms with Gasteiger partial charge in [0.25, 0.3) is 0 Å². The first-order valence-corrected chi connectivity index (χ1v) is 2.63. The quantitative estimate of drug-likeness (QED) is 0.444. The average Bonchev–Trinajstić information content (AvgIpc) is 1.69. The maximum Gasteiger partial charge on any atom is 0.0431 e. The minimum atomic E-state index is 0. The summed E-state index contributed by atoms with van der Waals surface area (Å²) in [6.07, 6.45) is 2.58. The molecule has 3 heteroatoms. The first-order valence-electron chi connectivity index (χ1n) is 2.63.